The first-order valence-corrected chi connectivity index (χ1v) is 8.88. The van der Waals surface area contributed by atoms with Crippen LogP contribution in [0, 0.1) is 0 Å². The molecule has 0 spiro atoms. The Balaban J connectivity index is 1.51. The fourth-order valence-corrected chi connectivity index (χ4v) is 3.00. The van der Waals surface area contributed by atoms with E-state index < -0.39 is 0 Å². The summed E-state index contributed by atoms with van der Waals surface area (Å²) in [7, 11) is 0. The van der Waals surface area contributed by atoms with E-state index in [0.29, 0.717) is 17.0 Å². The van der Waals surface area contributed by atoms with Crippen LogP contribution in [-0.2, 0) is 6.54 Å². The monoisotopic (exact) mass is 370 g/mol. The molecular formula is C22H18N4O2. The van der Waals surface area contributed by atoms with Gasteiger partial charge >= 0.3 is 0 Å². The van der Waals surface area contributed by atoms with Crippen LogP contribution in [0.2, 0.25) is 0 Å². The quantitative estimate of drug-likeness (QED) is 0.524. The Morgan fingerprint density at radius 3 is 2.61 bits per heavy atom. The van der Waals surface area contributed by atoms with Gasteiger partial charge in [0.2, 0.25) is 0 Å². The van der Waals surface area contributed by atoms with Crippen molar-refractivity contribution in [1.82, 2.24) is 20.3 Å². The Morgan fingerprint density at radius 1 is 0.964 bits per heavy atom. The second kappa shape index (κ2) is 7.44. The zero-order valence-corrected chi connectivity index (χ0v) is 15.3. The van der Waals surface area contributed by atoms with Crippen LogP contribution in [0.3, 0.4) is 0 Å². The average molecular weight is 370 g/mol. The fourth-order valence-electron chi connectivity index (χ4n) is 3.00. The van der Waals surface area contributed by atoms with Gasteiger partial charge in [0, 0.05) is 23.5 Å². The Morgan fingerprint density at radius 2 is 1.79 bits per heavy atom. The van der Waals surface area contributed by atoms with Gasteiger partial charge in [-0.15, -0.1) is 0 Å². The molecule has 0 saturated heterocycles. The normalized spacial score (nSPS) is 10.8. The van der Waals surface area contributed by atoms with Crippen molar-refractivity contribution in [1.29, 1.82) is 0 Å². The Labute approximate surface area is 161 Å². The van der Waals surface area contributed by atoms with Crippen molar-refractivity contribution >= 4 is 22.7 Å². The molecule has 0 aliphatic rings. The average Bonchev–Trinajstić information content (AvgIpc) is 3.15. The Kier molecular flexibility index (Phi) is 4.68. The zero-order valence-electron chi connectivity index (χ0n) is 15.3. The third-order valence-corrected chi connectivity index (χ3v) is 4.46. The minimum Gasteiger partial charge on any atom is -0.345 e. The molecule has 0 bridgehead atoms. The van der Waals surface area contributed by atoms with E-state index in [2.05, 4.69) is 20.3 Å². The second-order valence-corrected chi connectivity index (χ2v) is 6.48. The number of hydrogen-bond donors (Lipinski definition) is 2. The smallest absolute Gasteiger partial charge is 0.253 e. The Bertz CT molecular complexity index is 1150. The molecule has 0 aliphatic carbocycles. The lowest BCUT2D eigenvalue weighted by Gasteiger charge is -2.07. The van der Waals surface area contributed by atoms with Crippen LogP contribution in [0.4, 0.5) is 0 Å². The summed E-state index contributed by atoms with van der Waals surface area (Å²) in [6.45, 7) is 1.82. The number of ketones is 1. The first-order chi connectivity index (χ1) is 13.6. The van der Waals surface area contributed by atoms with Crippen molar-refractivity contribution in [3.05, 3.63) is 83.9 Å². The zero-order chi connectivity index (χ0) is 19.5. The highest BCUT2D eigenvalue weighted by Gasteiger charge is 2.10. The van der Waals surface area contributed by atoms with Gasteiger partial charge in [-0.2, -0.15) is 0 Å². The number of Topliss-reactive ketones (excluding diaryl/α,β-unsaturated/α-hetero) is 1. The van der Waals surface area contributed by atoms with E-state index in [1.165, 1.54) is 13.1 Å². The molecule has 0 radical (unpaired) electrons. The van der Waals surface area contributed by atoms with Crippen LogP contribution in [0.15, 0.2) is 67.0 Å². The number of hydrogen-bond acceptors (Lipinski definition) is 4. The lowest BCUT2D eigenvalue weighted by molar-refractivity contribution is 0.0948. The second-order valence-electron chi connectivity index (χ2n) is 6.48. The number of pyridine rings is 1. The van der Waals surface area contributed by atoms with E-state index in [0.717, 1.165) is 22.2 Å². The molecule has 6 nitrogen and oxygen atoms in total. The molecule has 1 amide bonds. The van der Waals surface area contributed by atoms with Crippen molar-refractivity contribution in [2.24, 2.45) is 0 Å². The van der Waals surface area contributed by atoms with Gasteiger partial charge in [0.05, 0.1) is 23.1 Å². The van der Waals surface area contributed by atoms with Crippen LogP contribution in [0.1, 0.15) is 33.5 Å². The van der Waals surface area contributed by atoms with Gasteiger partial charge in [-0.05, 0) is 36.8 Å². The van der Waals surface area contributed by atoms with Gasteiger partial charge in [0.25, 0.3) is 5.91 Å². The highest BCUT2D eigenvalue weighted by Crippen LogP contribution is 2.21. The minimum atomic E-state index is -0.238. The summed E-state index contributed by atoms with van der Waals surface area (Å²) in [6, 6.07) is 16.7. The molecule has 2 aromatic carbocycles. The van der Waals surface area contributed by atoms with E-state index in [1.807, 2.05) is 36.4 Å². The molecule has 0 saturated carbocycles. The summed E-state index contributed by atoms with van der Waals surface area (Å²) < 4.78 is 0. The number of benzene rings is 2. The van der Waals surface area contributed by atoms with Crippen molar-refractivity contribution in [3.8, 4) is 11.1 Å². The number of rotatable bonds is 5. The highest BCUT2D eigenvalue weighted by molar-refractivity contribution is 5.96. The number of aromatic amines is 1. The van der Waals surface area contributed by atoms with E-state index in [1.54, 1.807) is 24.4 Å². The third-order valence-electron chi connectivity index (χ3n) is 4.46. The summed E-state index contributed by atoms with van der Waals surface area (Å²) in [6.07, 6.45) is 3.20. The SMILES string of the molecule is CC(=O)c1cccc(-c2cncc(C(=O)NCc3nc4ccccc4[nH]3)c2)c1. The van der Waals surface area contributed by atoms with Crippen LogP contribution in [-0.4, -0.2) is 26.6 Å². The topological polar surface area (TPSA) is 87.7 Å². The molecule has 0 unspecified atom stereocenters. The van der Waals surface area contributed by atoms with Crippen molar-refractivity contribution < 1.29 is 9.59 Å². The molecule has 2 N–H and O–H groups in total. The van der Waals surface area contributed by atoms with Crippen molar-refractivity contribution in [3.63, 3.8) is 0 Å². The number of para-hydroxylation sites is 2. The van der Waals surface area contributed by atoms with Crippen LogP contribution in [0.25, 0.3) is 22.2 Å². The summed E-state index contributed by atoms with van der Waals surface area (Å²) in [5.74, 6) is 0.444. The highest BCUT2D eigenvalue weighted by atomic mass is 16.1. The molecule has 4 aromatic rings. The summed E-state index contributed by atoms with van der Waals surface area (Å²) >= 11 is 0. The van der Waals surface area contributed by atoms with Gasteiger partial charge in [-0.25, -0.2) is 4.98 Å². The van der Waals surface area contributed by atoms with E-state index in [-0.39, 0.29) is 18.2 Å². The maximum absolute atomic E-state index is 12.5. The van der Waals surface area contributed by atoms with Crippen LogP contribution < -0.4 is 5.32 Å². The molecule has 0 aliphatic heterocycles. The van der Waals surface area contributed by atoms with Crippen molar-refractivity contribution in [2.75, 3.05) is 0 Å². The van der Waals surface area contributed by atoms with Gasteiger partial charge in [-0.1, -0.05) is 30.3 Å². The molecule has 2 heterocycles. The number of nitrogens with zero attached hydrogens (tertiary/aromatic N) is 2. The number of H-pyrrole nitrogens is 1. The number of fused-ring (bicyclic) bond motifs is 1. The summed E-state index contributed by atoms with van der Waals surface area (Å²) in [4.78, 5) is 36.0. The molecule has 6 heteroatoms. The van der Waals surface area contributed by atoms with E-state index in [9.17, 15) is 9.59 Å². The number of carbonyl (C=O) groups excluding carboxylic acids is 2. The summed E-state index contributed by atoms with van der Waals surface area (Å²) in [5.41, 5.74) is 4.48. The number of imidazole rings is 1. The predicted octanol–water partition coefficient (Wildman–Crippen LogP) is 3.76. The third kappa shape index (κ3) is 3.66. The number of nitrogens with one attached hydrogen (secondary N) is 2. The number of aromatic nitrogens is 3. The van der Waals surface area contributed by atoms with Crippen molar-refractivity contribution in [2.45, 2.75) is 13.5 Å². The van der Waals surface area contributed by atoms with E-state index >= 15 is 0 Å². The van der Waals surface area contributed by atoms with Gasteiger partial charge in [-0.3, -0.25) is 14.6 Å². The molecule has 138 valence electrons. The first kappa shape index (κ1) is 17.6. The molecular weight excluding hydrogens is 352 g/mol. The van der Waals surface area contributed by atoms with Gasteiger partial charge in [0.1, 0.15) is 5.82 Å². The molecule has 2 aromatic heterocycles. The number of amides is 1. The van der Waals surface area contributed by atoms with Gasteiger partial charge in [0.15, 0.2) is 5.78 Å². The minimum absolute atomic E-state index is 0.00505. The maximum Gasteiger partial charge on any atom is 0.253 e. The largest absolute Gasteiger partial charge is 0.345 e. The number of carbonyl (C=O) groups is 2. The standard InChI is InChI=1S/C22H18N4O2/c1-14(27)15-5-4-6-16(9-15)17-10-18(12-23-11-17)22(28)24-13-21-25-19-7-2-3-8-20(19)26-21/h2-12H,13H2,1H3,(H,24,28)(H,25,26). The maximum atomic E-state index is 12.5. The van der Waals surface area contributed by atoms with Crippen LogP contribution >= 0.6 is 0 Å². The predicted molar refractivity (Wildman–Crippen MR) is 107 cm³/mol. The molecule has 4 rings (SSSR count). The lowest BCUT2D eigenvalue weighted by atomic mass is 10.0. The molecule has 0 fully saturated rings. The molecule has 0 atom stereocenters. The molecule has 28 heavy (non-hydrogen) atoms. The van der Waals surface area contributed by atoms with E-state index in [4.69, 9.17) is 0 Å². The first-order valence-electron chi connectivity index (χ1n) is 8.88. The van der Waals surface area contributed by atoms with Gasteiger partial charge < -0.3 is 10.3 Å². The van der Waals surface area contributed by atoms with Crippen LogP contribution in [0.5, 0.6) is 0 Å². The lowest BCUT2D eigenvalue weighted by Crippen LogP contribution is -2.23. The Hall–Kier alpha value is -3.80. The fraction of sp³-hybridized carbons (Fsp3) is 0.0909. The summed E-state index contributed by atoms with van der Waals surface area (Å²) in [5, 5.41) is 2.86.